The number of nitrogens with one attached hydrogen (secondary N) is 1. The summed E-state index contributed by atoms with van der Waals surface area (Å²) in [4.78, 5) is 24.4. The van der Waals surface area contributed by atoms with Crippen LogP contribution in [0, 0.1) is 19.7 Å². The molecule has 4 nitrogen and oxygen atoms in total. The van der Waals surface area contributed by atoms with Crippen molar-refractivity contribution >= 4 is 23.6 Å². The number of hydrogen-bond donors (Lipinski definition) is 1. The van der Waals surface area contributed by atoms with Crippen LogP contribution in [0.4, 0.5) is 4.39 Å². The highest BCUT2D eigenvalue weighted by Gasteiger charge is 2.09. The van der Waals surface area contributed by atoms with E-state index in [9.17, 15) is 14.0 Å². The summed E-state index contributed by atoms with van der Waals surface area (Å²) in [5, 5.41) is 2.62. The quantitative estimate of drug-likeness (QED) is 0.607. The number of amides is 1. The van der Waals surface area contributed by atoms with Gasteiger partial charge >= 0.3 is 5.97 Å². The first-order valence-corrected chi connectivity index (χ1v) is 8.79. The Kier molecular flexibility index (Phi) is 7.01. The fourth-order valence-electron chi connectivity index (χ4n) is 1.99. The van der Waals surface area contributed by atoms with Crippen LogP contribution in [0.1, 0.15) is 16.7 Å². The van der Waals surface area contributed by atoms with Crippen LogP contribution in [0.25, 0.3) is 0 Å². The van der Waals surface area contributed by atoms with Crippen molar-refractivity contribution in [2.24, 2.45) is 0 Å². The van der Waals surface area contributed by atoms with E-state index in [4.69, 9.17) is 4.74 Å². The summed E-state index contributed by atoms with van der Waals surface area (Å²) in [7, 11) is 0. The summed E-state index contributed by atoms with van der Waals surface area (Å²) >= 11 is 1.37. The van der Waals surface area contributed by atoms with Crippen LogP contribution in [0.2, 0.25) is 0 Å². The maximum Gasteiger partial charge on any atom is 0.316 e. The molecule has 0 atom stereocenters. The van der Waals surface area contributed by atoms with Crippen LogP contribution in [0.5, 0.6) is 0 Å². The van der Waals surface area contributed by atoms with Crippen LogP contribution < -0.4 is 5.32 Å². The van der Waals surface area contributed by atoms with E-state index in [0.29, 0.717) is 0 Å². The maximum atomic E-state index is 12.8. The molecule has 1 amide bonds. The van der Waals surface area contributed by atoms with Gasteiger partial charge in [-0.25, -0.2) is 4.39 Å². The van der Waals surface area contributed by atoms with Crippen molar-refractivity contribution in [1.82, 2.24) is 5.32 Å². The van der Waals surface area contributed by atoms with Gasteiger partial charge in [-0.05, 0) is 54.8 Å². The van der Waals surface area contributed by atoms with Crippen molar-refractivity contribution in [2.75, 3.05) is 12.4 Å². The molecular formula is C19H20FNO3S. The second-order valence-electron chi connectivity index (χ2n) is 5.60. The lowest BCUT2D eigenvalue weighted by Gasteiger charge is -2.07. The number of benzene rings is 2. The van der Waals surface area contributed by atoms with Crippen molar-refractivity contribution in [1.29, 1.82) is 0 Å². The van der Waals surface area contributed by atoms with Crippen molar-refractivity contribution in [2.45, 2.75) is 25.3 Å². The van der Waals surface area contributed by atoms with Gasteiger partial charge in [-0.3, -0.25) is 9.59 Å². The third kappa shape index (κ3) is 6.58. The first-order valence-electron chi connectivity index (χ1n) is 7.81. The van der Waals surface area contributed by atoms with Gasteiger partial charge in [-0.1, -0.05) is 18.2 Å². The largest absolute Gasteiger partial charge is 0.455 e. The molecular weight excluding hydrogens is 341 g/mol. The highest BCUT2D eigenvalue weighted by atomic mass is 32.2. The predicted octanol–water partition coefficient (Wildman–Crippen LogP) is 3.39. The lowest BCUT2D eigenvalue weighted by molar-refractivity contribution is -0.145. The summed E-state index contributed by atoms with van der Waals surface area (Å²) < 4.78 is 17.7. The molecule has 2 aromatic rings. The molecule has 0 bridgehead atoms. The molecule has 0 aliphatic heterocycles. The van der Waals surface area contributed by atoms with E-state index in [0.717, 1.165) is 10.5 Å². The summed E-state index contributed by atoms with van der Waals surface area (Å²) in [6.07, 6.45) is 0. The van der Waals surface area contributed by atoms with Gasteiger partial charge < -0.3 is 10.1 Å². The molecule has 25 heavy (non-hydrogen) atoms. The van der Waals surface area contributed by atoms with E-state index in [1.807, 2.05) is 32.0 Å². The average molecular weight is 361 g/mol. The number of aryl methyl sites for hydroxylation is 2. The van der Waals surface area contributed by atoms with Gasteiger partial charge in [-0.15, -0.1) is 11.8 Å². The number of hydrogen-bond acceptors (Lipinski definition) is 4. The van der Waals surface area contributed by atoms with E-state index >= 15 is 0 Å². The SMILES string of the molecule is Cc1ccc(SCC(=O)OCC(=O)NCc2ccc(F)cc2)cc1C. The molecule has 0 saturated heterocycles. The minimum Gasteiger partial charge on any atom is -0.455 e. The van der Waals surface area contributed by atoms with Gasteiger partial charge in [0, 0.05) is 11.4 Å². The van der Waals surface area contributed by atoms with Crippen molar-refractivity contribution in [3.63, 3.8) is 0 Å². The molecule has 132 valence electrons. The number of carbonyl (C=O) groups excluding carboxylic acids is 2. The topological polar surface area (TPSA) is 55.4 Å². The van der Waals surface area contributed by atoms with Crippen LogP contribution in [0.3, 0.4) is 0 Å². The zero-order valence-corrected chi connectivity index (χ0v) is 15.0. The average Bonchev–Trinajstić information content (AvgIpc) is 2.60. The smallest absolute Gasteiger partial charge is 0.316 e. The maximum absolute atomic E-state index is 12.8. The van der Waals surface area contributed by atoms with E-state index in [2.05, 4.69) is 5.32 Å². The summed E-state index contributed by atoms with van der Waals surface area (Å²) in [5.41, 5.74) is 3.13. The van der Waals surface area contributed by atoms with Gasteiger partial charge in [-0.2, -0.15) is 0 Å². The number of carbonyl (C=O) groups is 2. The second kappa shape index (κ2) is 9.22. The molecule has 0 saturated carbocycles. The van der Waals surface area contributed by atoms with E-state index in [-0.39, 0.29) is 24.7 Å². The Balaban J connectivity index is 1.67. The van der Waals surface area contributed by atoms with E-state index in [1.54, 1.807) is 12.1 Å². The first-order chi connectivity index (χ1) is 11.9. The number of ether oxygens (including phenoxy) is 1. The predicted molar refractivity (Wildman–Crippen MR) is 95.8 cm³/mol. The standard InChI is InChI=1S/C19H20FNO3S/c1-13-3-8-17(9-14(13)2)25-12-19(23)24-11-18(22)21-10-15-4-6-16(20)7-5-15/h3-9H,10-12H2,1-2H3,(H,21,22). The molecule has 0 fully saturated rings. The fourth-order valence-corrected chi connectivity index (χ4v) is 2.78. The third-order valence-electron chi connectivity index (χ3n) is 3.60. The van der Waals surface area contributed by atoms with Crippen LogP contribution in [0.15, 0.2) is 47.4 Å². The van der Waals surface area contributed by atoms with Gasteiger partial charge in [0.1, 0.15) is 5.82 Å². The van der Waals surface area contributed by atoms with Gasteiger partial charge in [0.25, 0.3) is 5.91 Å². The fraction of sp³-hybridized carbons (Fsp3) is 0.263. The summed E-state index contributed by atoms with van der Waals surface area (Å²) in [5.74, 6) is -1.02. The Bertz CT molecular complexity index is 747. The highest BCUT2D eigenvalue weighted by molar-refractivity contribution is 8.00. The molecule has 2 rings (SSSR count). The van der Waals surface area contributed by atoms with E-state index < -0.39 is 11.9 Å². The lowest BCUT2D eigenvalue weighted by atomic mass is 10.1. The van der Waals surface area contributed by atoms with Crippen molar-refractivity contribution < 1.29 is 18.7 Å². The molecule has 2 aromatic carbocycles. The molecule has 0 aliphatic carbocycles. The zero-order valence-electron chi connectivity index (χ0n) is 14.2. The lowest BCUT2D eigenvalue weighted by Crippen LogP contribution is -2.28. The minimum atomic E-state index is -0.444. The zero-order chi connectivity index (χ0) is 18.2. The van der Waals surface area contributed by atoms with E-state index in [1.165, 1.54) is 35.0 Å². The third-order valence-corrected chi connectivity index (χ3v) is 4.57. The summed E-state index contributed by atoms with van der Waals surface area (Å²) in [6.45, 7) is 3.98. The number of rotatable bonds is 7. The second-order valence-corrected chi connectivity index (χ2v) is 6.65. The number of thioether (sulfide) groups is 1. The number of esters is 1. The summed E-state index contributed by atoms with van der Waals surface area (Å²) in [6, 6.07) is 11.8. The van der Waals surface area contributed by atoms with Gasteiger partial charge in [0.2, 0.25) is 0 Å². The molecule has 0 aliphatic rings. The Morgan fingerprint density at radius 2 is 1.80 bits per heavy atom. The van der Waals surface area contributed by atoms with Crippen LogP contribution in [-0.4, -0.2) is 24.2 Å². The molecule has 0 radical (unpaired) electrons. The molecule has 1 N–H and O–H groups in total. The highest BCUT2D eigenvalue weighted by Crippen LogP contribution is 2.21. The van der Waals surface area contributed by atoms with Crippen molar-refractivity contribution in [3.8, 4) is 0 Å². The van der Waals surface area contributed by atoms with Gasteiger partial charge in [0.15, 0.2) is 6.61 Å². The Morgan fingerprint density at radius 3 is 2.48 bits per heavy atom. The minimum absolute atomic E-state index is 0.147. The molecule has 0 aromatic heterocycles. The Morgan fingerprint density at radius 1 is 1.08 bits per heavy atom. The first kappa shape index (κ1) is 19.0. The van der Waals surface area contributed by atoms with Gasteiger partial charge in [0.05, 0.1) is 5.75 Å². The Hall–Kier alpha value is -2.34. The normalized spacial score (nSPS) is 10.4. The Labute approximate surface area is 150 Å². The monoisotopic (exact) mass is 361 g/mol. The molecule has 0 heterocycles. The number of halogens is 1. The van der Waals surface area contributed by atoms with Crippen LogP contribution in [-0.2, 0) is 20.9 Å². The molecule has 0 unspecified atom stereocenters. The molecule has 6 heteroatoms. The molecule has 0 spiro atoms. The van der Waals surface area contributed by atoms with Crippen LogP contribution >= 0.6 is 11.8 Å². The van der Waals surface area contributed by atoms with Crippen molar-refractivity contribution in [3.05, 3.63) is 65.0 Å².